The number of nitrogens with one attached hydrogen (secondary N) is 1. The van der Waals surface area contributed by atoms with Gasteiger partial charge in [-0.1, -0.05) is 0 Å². The first kappa shape index (κ1) is 19.4. The first-order valence-corrected chi connectivity index (χ1v) is 10.7. The zero-order chi connectivity index (χ0) is 20.4. The molecule has 0 radical (unpaired) electrons. The Morgan fingerprint density at radius 1 is 1.00 bits per heavy atom. The molecule has 2 heterocycles. The van der Waals surface area contributed by atoms with Crippen LogP contribution in [0.5, 0.6) is 11.5 Å². The van der Waals surface area contributed by atoms with Crippen molar-refractivity contribution in [2.45, 2.75) is 24.7 Å². The van der Waals surface area contributed by atoms with Crippen LogP contribution < -0.4 is 14.9 Å². The average Bonchev–Trinajstić information content (AvgIpc) is 3.43. The summed E-state index contributed by atoms with van der Waals surface area (Å²) in [7, 11) is -3.50. The fraction of sp³-hybridized carbons (Fsp3) is 0.300. The third kappa shape index (κ3) is 3.96. The Morgan fingerprint density at radius 3 is 2.38 bits per heavy atom. The van der Waals surface area contributed by atoms with Gasteiger partial charge in [0.15, 0.2) is 11.5 Å². The molecule has 1 fully saturated rings. The summed E-state index contributed by atoms with van der Waals surface area (Å²) in [5.74, 6) is 0.892. The van der Waals surface area contributed by atoms with E-state index >= 15 is 0 Å². The molecule has 1 N–H and O–H groups in total. The predicted octanol–water partition coefficient (Wildman–Crippen LogP) is 2.35. The van der Waals surface area contributed by atoms with E-state index in [0.29, 0.717) is 35.9 Å². The lowest BCUT2D eigenvalue weighted by atomic mass is 10.1. The number of fused-ring (bicyclic) bond motifs is 1. The Labute approximate surface area is 169 Å². The molecular formula is C20H21N3O5S. The molecule has 2 aliphatic heterocycles. The highest BCUT2D eigenvalue weighted by Crippen LogP contribution is 2.32. The number of hydrogen-bond acceptors (Lipinski definition) is 6. The summed E-state index contributed by atoms with van der Waals surface area (Å²) in [6.45, 7) is 3.04. The van der Waals surface area contributed by atoms with Gasteiger partial charge in [-0.3, -0.25) is 4.79 Å². The van der Waals surface area contributed by atoms with Crippen molar-refractivity contribution in [3.63, 3.8) is 0 Å². The van der Waals surface area contributed by atoms with E-state index in [4.69, 9.17) is 9.47 Å². The highest BCUT2D eigenvalue weighted by atomic mass is 32.2. The van der Waals surface area contributed by atoms with Gasteiger partial charge in [-0.15, -0.1) is 0 Å². The quantitative estimate of drug-likeness (QED) is 0.597. The Hall–Kier alpha value is -2.91. The standard InChI is InChI=1S/C20H21N3O5S/c1-14(16-6-9-18-19(12-16)28-13-27-18)21-22-20(24)15-4-7-17(8-5-15)29(25,26)23-10-2-3-11-23/h4-9,12H,2-3,10-11,13H2,1H3,(H,22,24)/b21-14-. The summed E-state index contributed by atoms with van der Waals surface area (Å²) >= 11 is 0. The number of sulfonamides is 1. The van der Waals surface area contributed by atoms with Gasteiger partial charge < -0.3 is 9.47 Å². The molecule has 1 amide bonds. The molecular weight excluding hydrogens is 394 g/mol. The van der Waals surface area contributed by atoms with E-state index in [2.05, 4.69) is 10.5 Å². The average molecular weight is 415 g/mol. The van der Waals surface area contributed by atoms with E-state index in [0.717, 1.165) is 18.4 Å². The van der Waals surface area contributed by atoms with Gasteiger partial charge in [0.2, 0.25) is 16.8 Å². The van der Waals surface area contributed by atoms with Crippen LogP contribution in [-0.4, -0.2) is 44.2 Å². The van der Waals surface area contributed by atoms with E-state index in [1.807, 2.05) is 6.07 Å². The van der Waals surface area contributed by atoms with E-state index in [1.165, 1.54) is 28.6 Å². The van der Waals surface area contributed by atoms with Crippen molar-refractivity contribution in [2.24, 2.45) is 5.10 Å². The lowest BCUT2D eigenvalue weighted by Gasteiger charge is -2.15. The van der Waals surface area contributed by atoms with Gasteiger partial charge in [0, 0.05) is 24.2 Å². The maximum Gasteiger partial charge on any atom is 0.271 e. The minimum atomic E-state index is -3.50. The van der Waals surface area contributed by atoms with Crippen molar-refractivity contribution < 1.29 is 22.7 Å². The van der Waals surface area contributed by atoms with Gasteiger partial charge in [-0.2, -0.15) is 9.41 Å². The van der Waals surface area contributed by atoms with Crippen molar-refractivity contribution in [2.75, 3.05) is 19.9 Å². The zero-order valence-corrected chi connectivity index (χ0v) is 16.7. The largest absolute Gasteiger partial charge is 0.454 e. The molecule has 152 valence electrons. The summed E-state index contributed by atoms with van der Waals surface area (Å²) in [4.78, 5) is 12.6. The molecule has 2 aromatic carbocycles. The van der Waals surface area contributed by atoms with E-state index in [9.17, 15) is 13.2 Å². The molecule has 29 heavy (non-hydrogen) atoms. The predicted molar refractivity (Wildman–Crippen MR) is 107 cm³/mol. The number of hydrogen-bond donors (Lipinski definition) is 1. The van der Waals surface area contributed by atoms with Crippen LogP contribution in [0.1, 0.15) is 35.7 Å². The number of amides is 1. The minimum absolute atomic E-state index is 0.190. The molecule has 1 saturated heterocycles. The number of ether oxygens (including phenoxy) is 2. The van der Waals surface area contributed by atoms with Crippen molar-refractivity contribution in [3.05, 3.63) is 53.6 Å². The summed E-state index contributed by atoms with van der Waals surface area (Å²) in [5.41, 5.74) is 4.22. The lowest BCUT2D eigenvalue weighted by Crippen LogP contribution is -2.28. The normalized spacial score (nSPS) is 16.8. The SMILES string of the molecule is C/C(=N/NC(=O)c1ccc(S(=O)(=O)N2CCCC2)cc1)c1ccc2c(c1)OCO2. The monoisotopic (exact) mass is 415 g/mol. The van der Waals surface area contributed by atoms with Gasteiger partial charge in [0.05, 0.1) is 10.6 Å². The number of nitrogens with zero attached hydrogens (tertiary/aromatic N) is 2. The number of benzene rings is 2. The van der Waals surface area contributed by atoms with Crippen molar-refractivity contribution in [1.29, 1.82) is 0 Å². The third-order valence-electron chi connectivity index (χ3n) is 4.93. The second-order valence-corrected chi connectivity index (χ2v) is 8.78. The molecule has 9 heteroatoms. The Morgan fingerprint density at radius 2 is 1.66 bits per heavy atom. The first-order valence-electron chi connectivity index (χ1n) is 9.30. The van der Waals surface area contributed by atoms with Crippen LogP contribution in [0.15, 0.2) is 52.5 Å². The first-order chi connectivity index (χ1) is 13.9. The molecule has 0 bridgehead atoms. The van der Waals surface area contributed by atoms with Gasteiger partial charge in [-0.05, 0) is 62.2 Å². The smallest absolute Gasteiger partial charge is 0.271 e. The van der Waals surface area contributed by atoms with E-state index in [-0.39, 0.29) is 11.7 Å². The molecule has 0 unspecified atom stereocenters. The molecule has 2 aliphatic rings. The summed E-state index contributed by atoms with van der Waals surface area (Å²) in [6, 6.07) is 11.3. The molecule has 0 aliphatic carbocycles. The van der Waals surface area contributed by atoms with Crippen LogP contribution >= 0.6 is 0 Å². The van der Waals surface area contributed by atoms with E-state index < -0.39 is 15.9 Å². The lowest BCUT2D eigenvalue weighted by molar-refractivity contribution is 0.0954. The summed E-state index contributed by atoms with van der Waals surface area (Å²) in [6.07, 6.45) is 1.75. The molecule has 4 rings (SSSR count). The maximum atomic E-state index is 12.6. The number of rotatable bonds is 5. The van der Waals surface area contributed by atoms with Crippen LogP contribution in [0, 0.1) is 0 Å². The molecule has 0 atom stereocenters. The van der Waals surface area contributed by atoms with Gasteiger partial charge >= 0.3 is 0 Å². The Balaban J connectivity index is 1.44. The fourth-order valence-electron chi connectivity index (χ4n) is 3.24. The number of carbonyl (C=O) groups excluding carboxylic acids is 1. The van der Waals surface area contributed by atoms with Gasteiger partial charge in [0.1, 0.15) is 0 Å². The number of carbonyl (C=O) groups is 1. The van der Waals surface area contributed by atoms with Crippen LogP contribution in [0.4, 0.5) is 0 Å². The van der Waals surface area contributed by atoms with Crippen molar-refractivity contribution >= 4 is 21.6 Å². The van der Waals surface area contributed by atoms with Gasteiger partial charge in [0.25, 0.3) is 5.91 Å². The van der Waals surface area contributed by atoms with Gasteiger partial charge in [-0.25, -0.2) is 13.8 Å². The van der Waals surface area contributed by atoms with Crippen molar-refractivity contribution in [3.8, 4) is 11.5 Å². The maximum absolute atomic E-state index is 12.6. The second-order valence-electron chi connectivity index (χ2n) is 6.84. The zero-order valence-electron chi connectivity index (χ0n) is 15.9. The highest BCUT2D eigenvalue weighted by Gasteiger charge is 2.27. The Bertz CT molecular complexity index is 1060. The van der Waals surface area contributed by atoms with Crippen LogP contribution in [0.25, 0.3) is 0 Å². The second kappa shape index (κ2) is 7.84. The summed E-state index contributed by atoms with van der Waals surface area (Å²) in [5, 5.41) is 4.12. The number of hydrazone groups is 1. The van der Waals surface area contributed by atoms with Crippen LogP contribution in [0.2, 0.25) is 0 Å². The third-order valence-corrected chi connectivity index (χ3v) is 6.85. The van der Waals surface area contributed by atoms with Crippen LogP contribution in [0.3, 0.4) is 0 Å². The van der Waals surface area contributed by atoms with E-state index in [1.54, 1.807) is 19.1 Å². The topological polar surface area (TPSA) is 97.3 Å². The molecule has 2 aromatic rings. The molecule has 0 saturated carbocycles. The van der Waals surface area contributed by atoms with Crippen molar-refractivity contribution in [1.82, 2.24) is 9.73 Å². The molecule has 8 nitrogen and oxygen atoms in total. The fourth-order valence-corrected chi connectivity index (χ4v) is 4.76. The summed E-state index contributed by atoms with van der Waals surface area (Å²) < 4.78 is 37.2. The molecule has 0 aromatic heterocycles. The highest BCUT2D eigenvalue weighted by molar-refractivity contribution is 7.89. The van der Waals surface area contributed by atoms with Crippen LogP contribution in [-0.2, 0) is 10.0 Å². The Kier molecular flexibility index (Phi) is 5.25. The molecule has 0 spiro atoms. The minimum Gasteiger partial charge on any atom is -0.454 e.